The molecule has 1 aromatic carbocycles. The van der Waals surface area contributed by atoms with E-state index in [0.29, 0.717) is 17.9 Å². The van der Waals surface area contributed by atoms with Crippen LogP contribution in [0.15, 0.2) is 42.6 Å². The molecule has 2 aliphatic heterocycles. The lowest BCUT2D eigenvalue weighted by Crippen LogP contribution is -2.44. The first-order valence-electron chi connectivity index (χ1n) is 10.8. The highest BCUT2D eigenvalue weighted by molar-refractivity contribution is 5.87. The van der Waals surface area contributed by atoms with Crippen LogP contribution in [0.5, 0.6) is 0 Å². The fourth-order valence-corrected chi connectivity index (χ4v) is 5.16. The lowest BCUT2D eigenvalue weighted by molar-refractivity contribution is -0.142. The van der Waals surface area contributed by atoms with Crippen molar-refractivity contribution in [3.8, 4) is 11.1 Å². The van der Waals surface area contributed by atoms with Crippen LogP contribution < -0.4 is 0 Å². The van der Waals surface area contributed by atoms with Gasteiger partial charge in [0.2, 0.25) is 0 Å². The van der Waals surface area contributed by atoms with E-state index in [1.807, 2.05) is 11.0 Å². The van der Waals surface area contributed by atoms with Crippen LogP contribution in [0.4, 0.5) is 0 Å². The molecular formula is C24H26N2O4. The minimum atomic E-state index is -1.02. The third-order valence-electron chi connectivity index (χ3n) is 7.09. The van der Waals surface area contributed by atoms with Gasteiger partial charge in [-0.3, -0.25) is 4.79 Å². The monoisotopic (exact) mass is 406 g/mol. The van der Waals surface area contributed by atoms with Gasteiger partial charge in [0.25, 0.3) is 5.91 Å². The molecular weight excluding hydrogens is 380 g/mol. The number of amides is 1. The lowest BCUT2D eigenvalue weighted by Gasteiger charge is -2.34. The van der Waals surface area contributed by atoms with Crippen LogP contribution in [-0.2, 0) is 9.53 Å². The first-order valence-corrected chi connectivity index (χ1v) is 10.8. The molecule has 156 valence electrons. The molecule has 1 saturated carbocycles. The van der Waals surface area contributed by atoms with E-state index in [9.17, 15) is 9.59 Å². The molecule has 1 amide bonds. The second-order valence-corrected chi connectivity index (χ2v) is 8.80. The lowest BCUT2D eigenvalue weighted by atomic mass is 9.88. The van der Waals surface area contributed by atoms with Crippen LogP contribution in [0.1, 0.15) is 54.1 Å². The minimum Gasteiger partial charge on any atom is -0.477 e. The first-order chi connectivity index (χ1) is 14.6. The fourth-order valence-electron chi connectivity index (χ4n) is 5.16. The summed E-state index contributed by atoms with van der Waals surface area (Å²) in [5.74, 6) is -0.279. The molecule has 2 aromatic rings. The van der Waals surface area contributed by atoms with E-state index >= 15 is 0 Å². The highest BCUT2D eigenvalue weighted by Crippen LogP contribution is 2.65. The van der Waals surface area contributed by atoms with Gasteiger partial charge in [0.05, 0.1) is 0 Å². The zero-order valence-electron chi connectivity index (χ0n) is 16.9. The number of hydrogen-bond acceptors (Lipinski definition) is 4. The summed E-state index contributed by atoms with van der Waals surface area (Å²) in [5.41, 5.74) is 3.59. The maximum Gasteiger partial charge on any atom is 0.354 e. The van der Waals surface area contributed by atoms with E-state index in [0.717, 1.165) is 49.9 Å². The van der Waals surface area contributed by atoms with Crippen LogP contribution in [-0.4, -0.2) is 52.7 Å². The zero-order chi connectivity index (χ0) is 20.7. The number of carboxylic acids is 1. The number of benzene rings is 1. The maximum absolute atomic E-state index is 12.6. The van der Waals surface area contributed by atoms with Gasteiger partial charge in [0, 0.05) is 25.9 Å². The number of carboxylic acid groups (broad SMARTS) is 1. The highest BCUT2D eigenvalue weighted by atomic mass is 16.5. The molecule has 6 heteroatoms. The number of aromatic carboxylic acids is 1. The van der Waals surface area contributed by atoms with Gasteiger partial charge in [0.1, 0.15) is 11.8 Å². The van der Waals surface area contributed by atoms with Crippen molar-refractivity contribution in [2.75, 3.05) is 19.7 Å². The first kappa shape index (κ1) is 19.2. The van der Waals surface area contributed by atoms with Crippen molar-refractivity contribution in [1.82, 2.24) is 9.88 Å². The Morgan fingerprint density at radius 3 is 2.53 bits per heavy atom. The number of aromatic nitrogens is 1. The molecule has 2 saturated heterocycles. The Kier molecular flexibility index (Phi) is 4.82. The third kappa shape index (κ3) is 3.49. The summed E-state index contributed by atoms with van der Waals surface area (Å²) in [6.07, 6.45) is 6.48. The minimum absolute atomic E-state index is 0.0574. The molecule has 1 spiro atoms. The van der Waals surface area contributed by atoms with Gasteiger partial charge < -0.3 is 14.7 Å². The molecule has 0 bridgehead atoms. The number of nitrogens with zero attached hydrogens (tertiary/aromatic N) is 2. The quantitative estimate of drug-likeness (QED) is 0.837. The summed E-state index contributed by atoms with van der Waals surface area (Å²) >= 11 is 0. The molecule has 3 aliphatic rings. The smallest absolute Gasteiger partial charge is 0.354 e. The van der Waals surface area contributed by atoms with Gasteiger partial charge in [-0.25, -0.2) is 9.78 Å². The molecule has 0 radical (unpaired) electrons. The molecule has 5 rings (SSSR count). The standard InChI is InChI=1S/C24H26N2O4/c27-22(21-2-1-13-30-21)26-11-8-24(9-12-26)15-19(24)17-5-3-16(4-6-17)18-7-10-25-20(14-18)23(28)29/h3-7,10,14,19,21H,1-2,8-9,11-13,15H2,(H,28,29)/t19-,21+/m0/s1. The second kappa shape index (κ2) is 7.51. The third-order valence-corrected chi connectivity index (χ3v) is 7.09. The van der Waals surface area contributed by atoms with Crippen molar-refractivity contribution in [2.45, 2.75) is 44.1 Å². The van der Waals surface area contributed by atoms with Gasteiger partial charge in [-0.2, -0.15) is 0 Å². The normalized spacial score (nSPS) is 24.7. The molecule has 30 heavy (non-hydrogen) atoms. The van der Waals surface area contributed by atoms with Gasteiger partial charge >= 0.3 is 5.97 Å². The number of carbonyl (C=O) groups is 2. The topological polar surface area (TPSA) is 79.7 Å². The molecule has 0 unspecified atom stereocenters. The number of pyridine rings is 1. The average Bonchev–Trinajstić information content (AvgIpc) is 3.20. The number of carbonyl (C=O) groups excluding carboxylic acids is 1. The van der Waals surface area contributed by atoms with E-state index in [1.54, 1.807) is 6.07 Å². The number of likely N-dealkylation sites (tertiary alicyclic amines) is 1. The number of ether oxygens (including phenoxy) is 1. The van der Waals surface area contributed by atoms with E-state index in [4.69, 9.17) is 9.84 Å². The summed E-state index contributed by atoms with van der Waals surface area (Å²) in [7, 11) is 0. The number of hydrogen-bond donors (Lipinski definition) is 1. The van der Waals surface area contributed by atoms with Crippen LogP contribution in [0, 0.1) is 5.41 Å². The van der Waals surface area contributed by atoms with Gasteiger partial charge in [-0.1, -0.05) is 24.3 Å². The maximum atomic E-state index is 12.6. The van der Waals surface area contributed by atoms with Crippen molar-refractivity contribution in [1.29, 1.82) is 0 Å². The van der Waals surface area contributed by atoms with E-state index < -0.39 is 5.97 Å². The van der Waals surface area contributed by atoms with Gasteiger partial charge in [0.15, 0.2) is 0 Å². The molecule has 3 heterocycles. The summed E-state index contributed by atoms with van der Waals surface area (Å²) in [6.45, 7) is 2.38. The van der Waals surface area contributed by atoms with Crippen LogP contribution in [0.2, 0.25) is 0 Å². The van der Waals surface area contributed by atoms with Crippen molar-refractivity contribution in [3.05, 3.63) is 53.9 Å². The van der Waals surface area contributed by atoms with E-state index in [2.05, 4.69) is 29.2 Å². The highest BCUT2D eigenvalue weighted by Gasteiger charge is 2.55. The Morgan fingerprint density at radius 2 is 1.87 bits per heavy atom. The van der Waals surface area contributed by atoms with E-state index in [1.165, 1.54) is 18.2 Å². The van der Waals surface area contributed by atoms with Crippen molar-refractivity contribution in [2.24, 2.45) is 5.41 Å². The Hall–Kier alpha value is -2.73. The second-order valence-electron chi connectivity index (χ2n) is 8.80. The van der Waals surface area contributed by atoms with Crippen LogP contribution in [0.25, 0.3) is 11.1 Å². The van der Waals surface area contributed by atoms with Crippen molar-refractivity contribution >= 4 is 11.9 Å². The van der Waals surface area contributed by atoms with Crippen LogP contribution in [0.3, 0.4) is 0 Å². The average molecular weight is 406 g/mol. The molecule has 2 atom stereocenters. The Labute approximate surface area is 175 Å². The van der Waals surface area contributed by atoms with Gasteiger partial charge in [-0.15, -0.1) is 0 Å². The van der Waals surface area contributed by atoms with E-state index in [-0.39, 0.29) is 17.7 Å². The summed E-state index contributed by atoms with van der Waals surface area (Å²) in [6, 6.07) is 11.9. The molecule has 1 N–H and O–H groups in total. The van der Waals surface area contributed by atoms with Gasteiger partial charge in [-0.05, 0) is 72.3 Å². The van der Waals surface area contributed by atoms with Crippen molar-refractivity contribution < 1.29 is 19.4 Å². The fraction of sp³-hybridized carbons (Fsp3) is 0.458. The largest absolute Gasteiger partial charge is 0.477 e. The van der Waals surface area contributed by atoms with Crippen LogP contribution >= 0.6 is 0 Å². The predicted molar refractivity (Wildman–Crippen MR) is 111 cm³/mol. The molecule has 1 aromatic heterocycles. The molecule has 6 nitrogen and oxygen atoms in total. The predicted octanol–water partition coefficient (Wildman–Crippen LogP) is 3.72. The Bertz CT molecular complexity index is 957. The molecule has 1 aliphatic carbocycles. The summed E-state index contributed by atoms with van der Waals surface area (Å²) in [5, 5.41) is 9.14. The Balaban J connectivity index is 1.22. The number of piperidine rings is 1. The zero-order valence-corrected chi connectivity index (χ0v) is 16.9. The SMILES string of the molecule is O=C(O)c1cc(-c2ccc([C@@H]3CC34CCN(C(=O)[C@H]3CCCO3)CC4)cc2)ccn1. The van der Waals surface area contributed by atoms with Crippen molar-refractivity contribution in [3.63, 3.8) is 0 Å². The Morgan fingerprint density at radius 1 is 1.10 bits per heavy atom. The number of rotatable bonds is 4. The summed E-state index contributed by atoms with van der Waals surface area (Å²) < 4.78 is 5.57. The summed E-state index contributed by atoms with van der Waals surface area (Å²) in [4.78, 5) is 29.6. The molecule has 3 fully saturated rings.